The molecule has 0 saturated carbocycles. The second kappa shape index (κ2) is 9.76. The van der Waals surface area contributed by atoms with Crippen LogP contribution >= 0.6 is 0 Å². The summed E-state index contributed by atoms with van der Waals surface area (Å²) in [7, 11) is 4.31. The van der Waals surface area contributed by atoms with Crippen LogP contribution in [0.2, 0.25) is 0 Å². The van der Waals surface area contributed by atoms with Gasteiger partial charge in [0.2, 0.25) is 0 Å². The predicted octanol–water partition coefficient (Wildman–Crippen LogP) is 2.43. The third-order valence-corrected chi connectivity index (χ3v) is 3.48. The second-order valence-electron chi connectivity index (χ2n) is 6.04. The molecule has 0 aromatic rings. The number of hydrogen-bond acceptors (Lipinski definition) is 3. The van der Waals surface area contributed by atoms with Crippen molar-refractivity contribution >= 4 is 0 Å². The highest BCUT2D eigenvalue weighted by molar-refractivity contribution is 4.74. The van der Waals surface area contributed by atoms with Gasteiger partial charge in [0.05, 0.1) is 0 Å². The fraction of sp³-hybridized carbons (Fsp3) is 1.00. The maximum absolute atomic E-state index is 3.49. The summed E-state index contributed by atoms with van der Waals surface area (Å²) >= 11 is 0. The van der Waals surface area contributed by atoms with E-state index in [-0.39, 0.29) is 0 Å². The van der Waals surface area contributed by atoms with Crippen molar-refractivity contribution in [2.45, 2.75) is 65.6 Å². The zero-order valence-corrected chi connectivity index (χ0v) is 13.7. The summed E-state index contributed by atoms with van der Waals surface area (Å²) in [4.78, 5) is 4.90. The highest BCUT2D eigenvalue weighted by atomic mass is 15.2. The first-order valence-corrected chi connectivity index (χ1v) is 7.52. The van der Waals surface area contributed by atoms with Gasteiger partial charge in [0.25, 0.3) is 0 Å². The molecule has 3 heteroatoms. The van der Waals surface area contributed by atoms with E-state index in [4.69, 9.17) is 0 Å². The minimum Gasteiger partial charge on any atom is -0.315 e. The molecule has 0 saturated heterocycles. The lowest BCUT2D eigenvalue weighted by Gasteiger charge is -2.35. The SMILES string of the molecule is CCN(C(C)CCCNC(C)C)C(C)CN(C)C. The Labute approximate surface area is 115 Å². The third-order valence-electron chi connectivity index (χ3n) is 3.48. The summed E-state index contributed by atoms with van der Waals surface area (Å²) in [5.74, 6) is 0. The van der Waals surface area contributed by atoms with Crippen molar-refractivity contribution in [3.63, 3.8) is 0 Å². The minimum atomic E-state index is 0.607. The largest absolute Gasteiger partial charge is 0.315 e. The maximum atomic E-state index is 3.49. The zero-order valence-electron chi connectivity index (χ0n) is 13.7. The zero-order chi connectivity index (χ0) is 14.1. The normalized spacial score (nSPS) is 15.7. The first kappa shape index (κ1) is 17.9. The van der Waals surface area contributed by atoms with E-state index in [1.807, 2.05) is 0 Å². The predicted molar refractivity (Wildman–Crippen MR) is 82.2 cm³/mol. The van der Waals surface area contributed by atoms with Gasteiger partial charge in [-0.3, -0.25) is 4.90 Å². The highest BCUT2D eigenvalue weighted by Gasteiger charge is 2.18. The molecule has 1 N–H and O–H groups in total. The highest BCUT2D eigenvalue weighted by Crippen LogP contribution is 2.11. The Hall–Kier alpha value is -0.120. The van der Waals surface area contributed by atoms with Crippen molar-refractivity contribution in [1.82, 2.24) is 15.1 Å². The van der Waals surface area contributed by atoms with Gasteiger partial charge in [0, 0.05) is 24.7 Å². The van der Waals surface area contributed by atoms with Crippen LogP contribution in [0.5, 0.6) is 0 Å². The van der Waals surface area contributed by atoms with Gasteiger partial charge in [-0.1, -0.05) is 20.8 Å². The number of hydrogen-bond donors (Lipinski definition) is 1. The van der Waals surface area contributed by atoms with Gasteiger partial charge in [0.1, 0.15) is 0 Å². The summed E-state index contributed by atoms with van der Waals surface area (Å²) in [6.45, 7) is 14.8. The van der Waals surface area contributed by atoms with Gasteiger partial charge >= 0.3 is 0 Å². The Morgan fingerprint density at radius 1 is 1.00 bits per heavy atom. The van der Waals surface area contributed by atoms with E-state index in [9.17, 15) is 0 Å². The Balaban J connectivity index is 3.98. The van der Waals surface area contributed by atoms with E-state index >= 15 is 0 Å². The molecule has 2 atom stereocenters. The van der Waals surface area contributed by atoms with Gasteiger partial charge in [-0.15, -0.1) is 0 Å². The molecule has 0 bridgehead atoms. The first-order chi connectivity index (χ1) is 8.38. The van der Waals surface area contributed by atoms with E-state index in [0.29, 0.717) is 18.1 Å². The molecule has 18 heavy (non-hydrogen) atoms. The molecule has 110 valence electrons. The van der Waals surface area contributed by atoms with Crippen LogP contribution in [0.15, 0.2) is 0 Å². The van der Waals surface area contributed by atoms with Crippen LogP contribution in [0, 0.1) is 0 Å². The van der Waals surface area contributed by atoms with Gasteiger partial charge in [-0.2, -0.15) is 0 Å². The van der Waals surface area contributed by atoms with Gasteiger partial charge in [-0.25, -0.2) is 0 Å². The van der Waals surface area contributed by atoms with Crippen molar-refractivity contribution in [2.75, 3.05) is 33.7 Å². The van der Waals surface area contributed by atoms with Crippen LogP contribution in [-0.2, 0) is 0 Å². The molecule has 2 unspecified atom stereocenters. The van der Waals surface area contributed by atoms with E-state index in [1.165, 1.54) is 12.8 Å². The molecule has 0 spiro atoms. The molecule has 0 heterocycles. The summed E-state index contributed by atoms with van der Waals surface area (Å²) in [5, 5.41) is 3.49. The quantitative estimate of drug-likeness (QED) is 0.606. The van der Waals surface area contributed by atoms with Crippen molar-refractivity contribution in [1.29, 1.82) is 0 Å². The second-order valence-corrected chi connectivity index (χ2v) is 6.04. The van der Waals surface area contributed by atoms with Crippen LogP contribution in [0.25, 0.3) is 0 Å². The number of nitrogens with one attached hydrogen (secondary N) is 1. The van der Waals surface area contributed by atoms with Crippen LogP contribution < -0.4 is 5.32 Å². The molecule has 0 aliphatic carbocycles. The van der Waals surface area contributed by atoms with Crippen molar-refractivity contribution in [2.24, 2.45) is 0 Å². The molecule has 0 fully saturated rings. The van der Waals surface area contributed by atoms with Gasteiger partial charge in [0.15, 0.2) is 0 Å². The fourth-order valence-electron chi connectivity index (χ4n) is 2.65. The molecule has 0 amide bonds. The molecule has 0 rings (SSSR count). The molecule has 0 aromatic heterocycles. The summed E-state index contributed by atoms with van der Waals surface area (Å²) in [6.07, 6.45) is 2.55. The molecular formula is C15H35N3. The standard InChI is InChI=1S/C15H35N3/c1-8-18(15(5)12-17(6)7)14(4)10-9-11-16-13(2)3/h13-16H,8-12H2,1-7H3. The van der Waals surface area contributed by atoms with Crippen molar-refractivity contribution in [3.8, 4) is 0 Å². The van der Waals surface area contributed by atoms with Gasteiger partial charge in [-0.05, 0) is 53.9 Å². The first-order valence-electron chi connectivity index (χ1n) is 7.52. The van der Waals surface area contributed by atoms with Crippen molar-refractivity contribution in [3.05, 3.63) is 0 Å². The number of likely N-dealkylation sites (N-methyl/N-ethyl adjacent to an activating group) is 2. The lowest BCUT2D eigenvalue weighted by molar-refractivity contribution is 0.129. The Morgan fingerprint density at radius 2 is 1.61 bits per heavy atom. The van der Waals surface area contributed by atoms with Crippen LogP contribution in [-0.4, -0.2) is 61.7 Å². The number of rotatable bonds is 10. The lowest BCUT2D eigenvalue weighted by atomic mass is 10.1. The monoisotopic (exact) mass is 257 g/mol. The van der Waals surface area contributed by atoms with Crippen LogP contribution in [0.3, 0.4) is 0 Å². The maximum Gasteiger partial charge on any atom is 0.0197 e. The summed E-state index contributed by atoms with van der Waals surface area (Å²) < 4.78 is 0. The molecule has 0 aliphatic rings. The van der Waals surface area contributed by atoms with E-state index in [2.05, 4.69) is 63.8 Å². The Morgan fingerprint density at radius 3 is 2.06 bits per heavy atom. The molecule has 0 aromatic carbocycles. The lowest BCUT2D eigenvalue weighted by Crippen LogP contribution is -2.45. The third kappa shape index (κ3) is 8.06. The van der Waals surface area contributed by atoms with Crippen molar-refractivity contribution < 1.29 is 0 Å². The van der Waals surface area contributed by atoms with E-state index in [1.54, 1.807) is 0 Å². The summed E-state index contributed by atoms with van der Waals surface area (Å²) in [6, 6.07) is 1.92. The Kier molecular flexibility index (Phi) is 9.70. The Bertz CT molecular complexity index is 192. The minimum absolute atomic E-state index is 0.607. The topological polar surface area (TPSA) is 18.5 Å². The van der Waals surface area contributed by atoms with Gasteiger partial charge < -0.3 is 10.2 Å². The average Bonchev–Trinajstić information content (AvgIpc) is 2.24. The van der Waals surface area contributed by atoms with E-state index in [0.717, 1.165) is 19.6 Å². The molecule has 3 nitrogen and oxygen atoms in total. The van der Waals surface area contributed by atoms with Crippen LogP contribution in [0.4, 0.5) is 0 Å². The fourth-order valence-corrected chi connectivity index (χ4v) is 2.65. The molecular weight excluding hydrogens is 222 g/mol. The smallest absolute Gasteiger partial charge is 0.0197 e. The molecule has 0 radical (unpaired) electrons. The van der Waals surface area contributed by atoms with Crippen LogP contribution in [0.1, 0.15) is 47.5 Å². The number of nitrogens with zero attached hydrogens (tertiary/aromatic N) is 2. The molecule has 0 aliphatic heterocycles. The van der Waals surface area contributed by atoms with E-state index < -0.39 is 0 Å². The average molecular weight is 257 g/mol. The summed E-state index contributed by atoms with van der Waals surface area (Å²) in [5.41, 5.74) is 0.